The van der Waals surface area contributed by atoms with Crippen LogP contribution in [0.5, 0.6) is 0 Å². The summed E-state index contributed by atoms with van der Waals surface area (Å²) in [5.41, 5.74) is 1.16. The summed E-state index contributed by atoms with van der Waals surface area (Å²) in [6.45, 7) is 4.33. The monoisotopic (exact) mass is 295 g/mol. The highest BCUT2D eigenvalue weighted by Gasteiger charge is 2.07. The highest BCUT2D eigenvalue weighted by Crippen LogP contribution is 2.16. The fourth-order valence-corrected chi connectivity index (χ4v) is 1.91. The molecule has 0 radical (unpaired) electrons. The molecular weight excluding hydrogens is 282 g/mol. The number of tetrazole rings is 1. The molecule has 1 aromatic heterocycles. The lowest BCUT2D eigenvalue weighted by atomic mass is 10.2. The minimum absolute atomic E-state index is 0.676. The second kappa shape index (κ2) is 5.88. The van der Waals surface area contributed by atoms with Gasteiger partial charge in [-0.25, -0.2) is 4.68 Å². The summed E-state index contributed by atoms with van der Waals surface area (Å²) in [6.07, 6.45) is 0. The van der Waals surface area contributed by atoms with Gasteiger partial charge in [0.25, 0.3) is 0 Å². The first kappa shape index (κ1) is 12.2. The van der Waals surface area contributed by atoms with Crippen molar-refractivity contribution in [3.63, 3.8) is 0 Å². The SMILES string of the molecule is CCNCc1nnnn1Cc1ccccc1Br. The number of hydrogen-bond donors (Lipinski definition) is 1. The van der Waals surface area contributed by atoms with E-state index in [-0.39, 0.29) is 0 Å². The van der Waals surface area contributed by atoms with Gasteiger partial charge in [0.15, 0.2) is 5.82 Å². The van der Waals surface area contributed by atoms with E-state index in [9.17, 15) is 0 Å². The number of aromatic nitrogens is 4. The zero-order chi connectivity index (χ0) is 12.1. The number of halogens is 1. The molecule has 0 fully saturated rings. The van der Waals surface area contributed by atoms with Crippen molar-refractivity contribution in [2.75, 3.05) is 6.54 Å². The van der Waals surface area contributed by atoms with Gasteiger partial charge >= 0.3 is 0 Å². The van der Waals surface area contributed by atoms with Crippen molar-refractivity contribution >= 4 is 15.9 Å². The highest BCUT2D eigenvalue weighted by molar-refractivity contribution is 9.10. The first-order valence-corrected chi connectivity index (χ1v) is 6.29. The normalized spacial score (nSPS) is 10.7. The molecule has 5 nitrogen and oxygen atoms in total. The van der Waals surface area contributed by atoms with Crippen LogP contribution in [0.4, 0.5) is 0 Å². The third-order valence-corrected chi connectivity index (χ3v) is 3.19. The van der Waals surface area contributed by atoms with Gasteiger partial charge in [0.2, 0.25) is 0 Å². The molecule has 0 aliphatic rings. The molecule has 2 aromatic rings. The lowest BCUT2D eigenvalue weighted by Crippen LogP contribution is -2.17. The molecule has 90 valence electrons. The predicted octanol–water partition coefficient (Wildman–Crippen LogP) is 1.59. The summed E-state index contributed by atoms with van der Waals surface area (Å²) in [5, 5.41) is 14.9. The van der Waals surface area contributed by atoms with Crippen LogP contribution in [0.2, 0.25) is 0 Å². The molecule has 1 heterocycles. The average Bonchev–Trinajstić information content (AvgIpc) is 2.77. The Kier molecular flexibility index (Phi) is 4.22. The molecular formula is C11H14BrN5. The van der Waals surface area contributed by atoms with Crippen LogP contribution >= 0.6 is 15.9 Å². The van der Waals surface area contributed by atoms with Crippen LogP contribution in [0.25, 0.3) is 0 Å². The Morgan fingerprint density at radius 2 is 2.18 bits per heavy atom. The van der Waals surface area contributed by atoms with Crippen molar-refractivity contribution in [2.45, 2.75) is 20.0 Å². The van der Waals surface area contributed by atoms with Crippen LogP contribution < -0.4 is 5.32 Å². The lowest BCUT2D eigenvalue weighted by molar-refractivity contribution is 0.587. The maximum absolute atomic E-state index is 4.00. The Morgan fingerprint density at radius 1 is 1.35 bits per heavy atom. The van der Waals surface area contributed by atoms with Gasteiger partial charge in [-0.2, -0.15) is 0 Å². The van der Waals surface area contributed by atoms with Crippen molar-refractivity contribution in [3.05, 3.63) is 40.1 Å². The Hall–Kier alpha value is -1.27. The molecule has 17 heavy (non-hydrogen) atoms. The Bertz CT molecular complexity index is 482. The molecule has 1 aromatic carbocycles. The Balaban J connectivity index is 2.13. The minimum atomic E-state index is 0.676. The van der Waals surface area contributed by atoms with Gasteiger partial charge in [-0.3, -0.25) is 0 Å². The van der Waals surface area contributed by atoms with E-state index in [0.29, 0.717) is 13.1 Å². The van der Waals surface area contributed by atoms with E-state index < -0.39 is 0 Å². The van der Waals surface area contributed by atoms with Gasteiger partial charge in [0.05, 0.1) is 13.1 Å². The first-order chi connectivity index (χ1) is 8.31. The zero-order valence-corrected chi connectivity index (χ0v) is 11.2. The van der Waals surface area contributed by atoms with Crippen LogP contribution in [-0.2, 0) is 13.1 Å². The number of rotatable bonds is 5. The molecule has 0 amide bonds. The fourth-order valence-electron chi connectivity index (χ4n) is 1.50. The van der Waals surface area contributed by atoms with Crippen molar-refractivity contribution in [1.29, 1.82) is 0 Å². The Labute approximate surface area is 108 Å². The smallest absolute Gasteiger partial charge is 0.165 e. The molecule has 0 aliphatic carbocycles. The summed E-state index contributed by atoms with van der Waals surface area (Å²) in [4.78, 5) is 0. The fraction of sp³-hybridized carbons (Fsp3) is 0.364. The van der Waals surface area contributed by atoms with Crippen molar-refractivity contribution in [2.24, 2.45) is 0 Å². The molecule has 0 unspecified atom stereocenters. The summed E-state index contributed by atoms with van der Waals surface area (Å²) in [6, 6.07) is 8.08. The number of hydrogen-bond acceptors (Lipinski definition) is 4. The number of nitrogens with zero attached hydrogens (tertiary/aromatic N) is 4. The van der Waals surface area contributed by atoms with Crippen molar-refractivity contribution in [3.8, 4) is 0 Å². The van der Waals surface area contributed by atoms with E-state index in [4.69, 9.17) is 0 Å². The molecule has 0 saturated carbocycles. The van der Waals surface area contributed by atoms with Crippen LogP contribution in [0.1, 0.15) is 18.3 Å². The molecule has 1 N–H and O–H groups in total. The van der Waals surface area contributed by atoms with Gasteiger partial charge in [0, 0.05) is 4.47 Å². The highest BCUT2D eigenvalue weighted by atomic mass is 79.9. The van der Waals surface area contributed by atoms with Crippen LogP contribution in [0.3, 0.4) is 0 Å². The van der Waals surface area contributed by atoms with Gasteiger partial charge in [-0.05, 0) is 28.6 Å². The molecule has 2 rings (SSSR count). The summed E-state index contributed by atoms with van der Waals surface area (Å²) in [5.74, 6) is 0.850. The van der Waals surface area contributed by atoms with Crippen molar-refractivity contribution < 1.29 is 0 Å². The van der Waals surface area contributed by atoms with E-state index >= 15 is 0 Å². The van der Waals surface area contributed by atoms with Gasteiger partial charge < -0.3 is 5.32 Å². The molecule has 0 atom stereocenters. The third-order valence-electron chi connectivity index (χ3n) is 2.42. The first-order valence-electron chi connectivity index (χ1n) is 5.50. The van der Waals surface area contributed by atoms with E-state index in [1.165, 1.54) is 0 Å². The molecule has 6 heteroatoms. The second-order valence-electron chi connectivity index (χ2n) is 3.62. The maximum Gasteiger partial charge on any atom is 0.165 e. The van der Waals surface area contributed by atoms with Gasteiger partial charge in [-0.1, -0.05) is 41.1 Å². The van der Waals surface area contributed by atoms with Crippen LogP contribution in [0, 0.1) is 0 Å². The number of nitrogens with one attached hydrogen (secondary N) is 1. The van der Waals surface area contributed by atoms with E-state index in [0.717, 1.165) is 22.4 Å². The molecule has 0 saturated heterocycles. The summed E-state index contributed by atoms with van der Waals surface area (Å²) >= 11 is 3.52. The minimum Gasteiger partial charge on any atom is -0.310 e. The second-order valence-corrected chi connectivity index (χ2v) is 4.48. The molecule has 0 spiro atoms. The third kappa shape index (κ3) is 3.10. The predicted molar refractivity (Wildman–Crippen MR) is 68.4 cm³/mol. The van der Waals surface area contributed by atoms with Crippen molar-refractivity contribution in [1.82, 2.24) is 25.5 Å². The van der Waals surface area contributed by atoms with Crippen LogP contribution in [-0.4, -0.2) is 26.8 Å². The van der Waals surface area contributed by atoms with E-state index in [1.54, 1.807) is 0 Å². The van der Waals surface area contributed by atoms with Gasteiger partial charge in [0.1, 0.15) is 0 Å². The average molecular weight is 296 g/mol. The zero-order valence-electron chi connectivity index (χ0n) is 9.60. The summed E-state index contributed by atoms with van der Waals surface area (Å²) < 4.78 is 2.88. The van der Waals surface area contributed by atoms with E-state index in [1.807, 2.05) is 22.9 Å². The topological polar surface area (TPSA) is 55.6 Å². The number of benzene rings is 1. The summed E-state index contributed by atoms with van der Waals surface area (Å²) in [7, 11) is 0. The maximum atomic E-state index is 4.00. The van der Waals surface area contributed by atoms with E-state index in [2.05, 4.69) is 49.8 Å². The van der Waals surface area contributed by atoms with Crippen LogP contribution in [0.15, 0.2) is 28.7 Å². The van der Waals surface area contributed by atoms with Gasteiger partial charge in [-0.15, -0.1) is 5.10 Å². The molecule has 0 aliphatic heterocycles. The lowest BCUT2D eigenvalue weighted by Gasteiger charge is -2.06. The standard InChI is InChI=1S/C11H14BrN5/c1-2-13-7-11-14-15-16-17(11)8-9-5-3-4-6-10(9)12/h3-6,13H,2,7-8H2,1H3. The quantitative estimate of drug-likeness (QED) is 0.910. The molecule has 0 bridgehead atoms. The largest absolute Gasteiger partial charge is 0.310 e. The Morgan fingerprint density at radius 3 is 2.94 bits per heavy atom.